The van der Waals surface area contributed by atoms with Crippen molar-refractivity contribution < 1.29 is 42.6 Å². The summed E-state index contributed by atoms with van der Waals surface area (Å²) >= 11 is 0. The molecule has 3 atom stereocenters. The van der Waals surface area contributed by atoms with Crippen LogP contribution in [0.15, 0.2) is 72.8 Å². The van der Waals surface area contributed by atoms with Crippen molar-refractivity contribution in [3.63, 3.8) is 0 Å². The Balaban J connectivity index is 1.81. The third-order valence-corrected chi connectivity index (χ3v) is 11.1. The van der Waals surface area contributed by atoms with E-state index in [2.05, 4.69) is 72.8 Å². The lowest BCUT2D eigenvalue weighted by Crippen LogP contribution is -2.14. The van der Waals surface area contributed by atoms with Crippen molar-refractivity contribution in [1.29, 1.82) is 0 Å². The second-order valence-electron chi connectivity index (χ2n) is 15.6. The first-order chi connectivity index (χ1) is 29.3. The zero-order valence-electron chi connectivity index (χ0n) is 37.9. The molecule has 0 saturated heterocycles. The van der Waals surface area contributed by atoms with Crippen molar-refractivity contribution >= 4 is 0 Å². The van der Waals surface area contributed by atoms with E-state index in [1.807, 2.05) is 0 Å². The van der Waals surface area contributed by atoms with Crippen LogP contribution in [0.1, 0.15) is 85.1 Å². The van der Waals surface area contributed by atoms with Gasteiger partial charge in [-0.3, -0.25) is 0 Å². The van der Waals surface area contributed by atoms with Crippen LogP contribution in [0.5, 0.6) is 0 Å². The molecule has 0 aromatic heterocycles. The molecule has 0 aliphatic heterocycles. The first-order valence-electron chi connectivity index (χ1n) is 21.3. The Morgan fingerprint density at radius 1 is 0.267 bits per heavy atom. The van der Waals surface area contributed by atoms with Gasteiger partial charge < -0.3 is 42.6 Å². The van der Waals surface area contributed by atoms with E-state index < -0.39 is 0 Å². The van der Waals surface area contributed by atoms with Crippen molar-refractivity contribution in [3.05, 3.63) is 140 Å². The van der Waals surface area contributed by atoms with Gasteiger partial charge in [0.05, 0.1) is 58.0 Å². The Hall–Kier alpha value is -3.48. The van der Waals surface area contributed by atoms with E-state index in [1.165, 1.54) is 50.1 Å². The molecule has 4 aromatic rings. The lowest BCUT2D eigenvalue weighted by atomic mass is 9.89. The first kappa shape index (κ1) is 49.2. The first-order valence-corrected chi connectivity index (χ1v) is 21.3. The topological polar surface area (TPSA) is 83.1 Å². The van der Waals surface area contributed by atoms with Gasteiger partial charge in [-0.1, -0.05) is 72.8 Å². The second kappa shape index (κ2) is 27.5. The SMILES string of the molecule is COCCc1cc(CCOC)cc(C[C@@H](OC)c2cc([C@@H](Cc3cc(CCOC)cc(CCOC)c3)OC)cc([C@@H](Cc3cc(CCOC)cc(CCOC)c3)OC)c2)c1. The maximum absolute atomic E-state index is 6.39. The maximum Gasteiger partial charge on any atom is 0.0861 e. The summed E-state index contributed by atoms with van der Waals surface area (Å²) in [7, 11) is 15.9. The molecule has 9 heteroatoms. The van der Waals surface area contributed by atoms with Gasteiger partial charge in [0, 0.05) is 83.3 Å². The van der Waals surface area contributed by atoms with Gasteiger partial charge in [0.15, 0.2) is 0 Å². The number of ether oxygens (including phenoxy) is 9. The van der Waals surface area contributed by atoms with Crippen LogP contribution in [0.25, 0.3) is 0 Å². The summed E-state index contributed by atoms with van der Waals surface area (Å²) in [5.41, 5.74) is 14.4. The summed E-state index contributed by atoms with van der Waals surface area (Å²) in [6.45, 7) is 3.97. The fourth-order valence-electron chi connectivity index (χ4n) is 7.97. The quantitative estimate of drug-likeness (QED) is 0.0514. The fraction of sp³-hybridized carbons (Fsp3) is 0.529. The summed E-state index contributed by atoms with van der Waals surface area (Å²) < 4.78 is 51.9. The van der Waals surface area contributed by atoms with Crippen LogP contribution >= 0.6 is 0 Å². The van der Waals surface area contributed by atoms with E-state index in [4.69, 9.17) is 42.6 Å². The molecule has 9 nitrogen and oxygen atoms in total. The number of hydrogen-bond donors (Lipinski definition) is 0. The highest BCUT2D eigenvalue weighted by Crippen LogP contribution is 2.34. The molecule has 0 N–H and O–H groups in total. The van der Waals surface area contributed by atoms with Crippen molar-refractivity contribution in [2.45, 2.75) is 76.1 Å². The summed E-state index contributed by atoms with van der Waals surface area (Å²) in [5, 5.41) is 0. The van der Waals surface area contributed by atoms with Crippen molar-refractivity contribution in [2.24, 2.45) is 0 Å². The highest BCUT2D eigenvalue weighted by molar-refractivity contribution is 5.40. The molecular weight excluding hydrogens is 757 g/mol. The zero-order chi connectivity index (χ0) is 43.1. The van der Waals surface area contributed by atoms with E-state index in [9.17, 15) is 0 Å². The minimum absolute atomic E-state index is 0.220. The Morgan fingerprint density at radius 2 is 0.450 bits per heavy atom. The van der Waals surface area contributed by atoms with E-state index >= 15 is 0 Å². The van der Waals surface area contributed by atoms with Gasteiger partial charge in [0.25, 0.3) is 0 Å². The average molecular weight is 829 g/mol. The Kier molecular flexibility index (Phi) is 22.5. The minimum atomic E-state index is -0.220. The largest absolute Gasteiger partial charge is 0.384 e. The number of methoxy groups -OCH3 is 9. The maximum atomic E-state index is 6.39. The van der Waals surface area contributed by atoms with Gasteiger partial charge >= 0.3 is 0 Å². The van der Waals surface area contributed by atoms with Crippen molar-refractivity contribution in [3.8, 4) is 0 Å². The molecular formula is C51H72O9. The lowest BCUT2D eigenvalue weighted by Gasteiger charge is -2.25. The van der Waals surface area contributed by atoms with E-state index in [1.54, 1.807) is 64.0 Å². The molecule has 0 radical (unpaired) electrons. The molecule has 0 heterocycles. The van der Waals surface area contributed by atoms with Crippen LogP contribution in [0, 0.1) is 0 Å². The van der Waals surface area contributed by atoms with E-state index in [0.717, 1.165) is 55.2 Å². The predicted molar refractivity (Wildman–Crippen MR) is 240 cm³/mol. The molecule has 60 heavy (non-hydrogen) atoms. The molecule has 0 aliphatic rings. The highest BCUT2D eigenvalue weighted by atomic mass is 16.5. The number of benzene rings is 4. The molecule has 0 aliphatic carbocycles. The predicted octanol–water partition coefficient (Wildman–Crippen LogP) is 8.61. The lowest BCUT2D eigenvalue weighted by molar-refractivity contribution is 0.0928. The van der Waals surface area contributed by atoms with Crippen molar-refractivity contribution in [1.82, 2.24) is 0 Å². The summed E-state index contributed by atoms with van der Waals surface area (Å²) in [6, 6.07) is 27.4. The third kappa shape index (κ3) is 16.1. The summed E-state index contributed by atoms with van der Waals surface area (Å²) in [6.07, 6.45) is 6.47. The molecule has 0 spiro atoms. The molecule has 0 amide bonds. The normalized spacial score (nSPS) is 13.2. The van der Waals surface area contributed by atoms with Crippen LogP contribution in [0.3, 0.4) is 0 Å². The number of rotatable bonds is 30. The van der Waals surface area contributed by atoms with Gasteiger partial charge in [-0.15, -0.1) is 0 Å². The van der Waals surface area contributed by atoms with Gasteiger partial charge in [-0.25, -0.2) is 0 Å². The van der Waals surface area contributed by atoms with Crippen LogP contribution in [-0.4, -0.2) is 104 Å². The molecule has 4 rings (SSSR count). The van der Waals surface area contributed by atoms with Gasteiger partial charge in [-0.05, 0) is 105 Å². The standard InChI is InChI=1S/C51H72O9/c1-52-16-10-37-22-38(11-17-53-2)26-43(25-37)31-49(58-7)46-34-47(50(59-8)32-44-27-39(12-18-54-3)23-40(28-44)13-19-55-4)36-48(35-46)51(60-9)33-45-29-41(14-20-56-5)24-42(30-45)15-21-57-6/h22-30,34-36,49-51H,10-21,31-33H2,1-9H3/t49-,50-,51-/m1/s1. The molecule has 0 saturated carbocycles. The average Bonchev–Trinajstić information content (AvgIpc) is 3.27. The van der Waals surface area contributed by atoms with Crippen LogP contribution in [0.4, 0.5) is 0 Å². The Labute approximate surface area is 360 Å². The zero-order valence-corrected chi connectivity index (χ0v) is 37.9. The van der Waals surface area contributed by atoms with Gasteiger partial charge in [0.2, 0.25) is 0 Å². The van der Waals surface area contributed by atoms with Crippen molar-refractivity contribution in [2.75, 3.05) is 104 Å². The smallest absolute Gasteiger partial charge is 0.0861 e. The Bertz CT molecular complexity index is 1530. The molecule has 0 unspecified atom stereocenters. The van der Waals surface area contributed by atoms with E-state index in [-0.39, 0.29) is 18.3 Å². The molecule has 0 fully saturated rings. The third-order valence-electron chi connectivity index (χ3n) is 11.1. The van der Waals surface area contributed by atoms with Crippen LogP contribution in [0.2, 0.25) is 0 Å². The molecule has 4 aromatic carbocycles. The molecule has 330 valence electrons. The summed E-state index contributed by atoms with van der Waals surface area (Å²) in [5.74, 6) is 0. The summed E-state index contributed by atoms with van der Waals surface area (Å²) in [4.78, 5) is 0. The number of hydrogen-bond acceptors (Lipinski definition) is 9. The molecule has 0 bridgehead atoms. The van der Waals surface area contributed by atoms with Crippen LogP contribution in [-0.2, 0) is 100 Å². The van der Waals surface area contributed by atoms with E-state index in [0.29, 0.717) is 58.9 Å². The van der Waals surface area contributed by atoms with Gasteiger partial charge in [-0.2, -0.15) is 0 Å². The highest BCUT2D eigenvalue weighted by Gasteiger charge is 2.23. The second-order valence-corrected chi connectivity index (χ2v) is 15.6. The monoisotopic (exact) mass is 829 g/mol. The fourth-order valence-corrected chi connectivity index (χ4v) is 7.97. The minimum Gasteiger partial charge on any atom is -0.384 e. The van der Waals surface area contributed by atoms with Gasteiger partial charge in [0.1, 0.15) is 0 Å². The Morgan fingerprint density at radius 3 is 0.617 bits per heavy atom. The van der Waals surface area contributed by atoms with Crippen LogP contribution < -0.4 is 0 Å².